The van der Waals surface area contributed by atoms with Crippen molar-refractivity contribution in [3.8, 4) is 0 Å². The van der Waals surface area contributed by atoms with Crippen molar-refractivity contribution in [2.24, 2.45) is 5.92 Å². The SMILES string of the molecule is Cc1cc(C)c(C(=O)NCC(C)(O)CCC(C)C)o1. The van der Waals surface area contributed by atoms with E-state index in [1.54, 1.807) is 6.92 Å². The summed E-state index contributed by atoms with van der Waals surface area (Å²) in [7, 11) is 0. The molecular formula is C15H25NO3. The molecule has 108 valence electrons. The van der Waals surface area contributed by atoms with Crippen LogP contribution in [0.5, 0.6) is 0 Å². The van der Waals surface area contributed by atoms with Crippen molar-refractivity contribution < 1.29 is 14.3 Å². The van der Waals surface area contributed by atoms with Crippen molar-refractivity contribution in [3.05, 3.63) is 23.2 Å². The molecule has 0 aliphatic heterocycles. The van der Waals surface area contributed by atoms with Crippen LogP contribution in [0, 0.1) is 19.8 Å². The molecule has 1 unspecified atom stereocenters. The van der Waals surface area contributed by atoms with E-state index in [1.165, 1.54) is 0 Å². The summed E-state index contributed by atoms with van der Waals surface area (Å²) >= 11 is 0. The van der Waals surface area contributed by atoms with Crippen LogP contribution in [-0.4, -0.2) is 23.2 Å². The maximum absolute atomic E-state index is 11.9. The third kappa shape index (κ3) is 5.07. The van der Waals surface area contributed by atoms with Gasteiger partial charge in [-0.25, -0.2) is 0 Å². The Labute approximate surface area is 115 Å². The monoisotopic (exact) mass is 267 g/mol. The van der Waals surface area contributed by atoms with E-state index in [0.717, 1.165) is 12.0 Å². The Bertz CT molecular complexity index is 433. The first-order valence-electron chi connectivity index (χ1n) is 6.79. The van der Waals surface area contributed by atoms with Gasteiger partial charge in [0.2, 0.25) is 0 Å². The van der Waals surface area contributed by atoms with Gasteiger partial charge in [0.15, 0.2) is 5.76 Å². The van der Waals surface area contributed by atoms with Crippen LogP contribution in [0.1, 0.15) is 55.5 Å². The molecule has 0 fully saturated rings. The minimum Gasteiger partial charge on any atom is -0.456 e. The number of aliphatic hydroxyl groups is 1. The van der Waals surface area contributed by atoms with E-state index < -0.39 is 5.60 Å². The fraction of sp³-hybridized carbons (Fsp3) is 0.667. The molecule has 4 heteroatoms. The first-order valence-corrected chi connectivity index (χ1v) is 6.79. The standard InChI is InChI=1S/C15H25NO3/c1-10(2)6-7-15(5,18)9-16-14(17)13-11(3)8-12(4)19-13/h8,10,18H,6-7,9H2,1-5H3,(H,16,17). The van der Waals surface area contributed by atoms with Crippen molar-refractivity contribution in [1.29, 1.82) is 0 Å². The summed E-state index contributed by atoms with van der Waals surface area (Å²) in [5.74, 6) is 1.32. The van der Waals surface area contributed by atoms with Crippen molar-refractivity contribution in [3.63, 3.8) is 0 Å². The molecule has 0 aromatic carbocycles. The Balaban J connectivity index is 2.52. The molecule has 2 N–H and O–H groups in total. The minimum atomic E-state index is -0.879. The largest absolute Gasteiger partial charge is 0.456 e. The first-order chi connectivity index (χ1) is 8.71. The lowest BCUT2D eigenvalue weighted by molar-refractivity contribution is 0.0423. The van der Waals surface area contributed by atoms with Gasteiger partial charge in [0.05, 0.1) is 5.60 Å². The van der Waals surface area contributed by atoms with E-state index in [-0.39, 0.29) is 12.5 Å². The van der Waals surface area contributed by atoms with Crippen LogP contribution in [-0.2, 0) is 0 Å². The highest BCUT2D eigenvalue weighted by atomic mass is 16.4. The molecule has 0 radical (unpaired) electrons. The second-order valence-electron chi connectivity index (χ2n) is 5.98. The average Bonchev–Trinajstić information content (AvgIpc) is 2.63. The summed E-state index contributed by atoms with van der Waals surface area (Å²) in [4.78, 5) is 11.9. The van der Waals surface area contributed by atoms with Crippen LogP contribution in [0.15, 0.2) is 10.5 Å². The van der Waals surface area contributed by atoms with E-state index in [1.807, 2.05) is 19.9 Å². The molecular weight excluding hydrogens is 242 g/mol. The van der Waals surface area contributed by atoms with Gasteiger partial charge in [-0.15, -0.1) is 0 Å². The fourth-order valence-electron chi connectivity index (χ4n) is 1.91. The van der Waals surface area contributed by atoms with Gasteiger partial charge in [0.25, 0.3) is 5.91 Å². The van der Waals surface area contributed by atoms with Gasteiger partial charge < -0.3 is 14.8 Å². The summed E-state index contributed by atoms with van der Waals surface area (Å²) in [6.45, 7) is 9.85. The highest BCUT2D eigenvalue weighted by Crippen LogP contribution is 2.17. The van der Waals surface area contributed by atoms with Crippen LogP contribution in [0.2, 0.25) is 0 Å². The molecule has 0 aliphatic carbocycles. The lowest BCUT2D eigenvalue weighted by atomic mass is 9.95. The number of amides is 1. The maximum Gasteiger partial charge on any atom is 0.287 e. The molecule has 0 saturated carbocycles. The lowest BCUT2D eigenvalue weighted by Crippen LogP contribution is -2.40. The molecule has 1 aromatic rings. The number of rotatable bonds is 6. The molecule has 0 aliphatic rings. The first kappa shape index (κ1) is 15.8. The number of carbonyl (C=O) groups is 1. The van der Waals surface area contributed by atoms with E-state index in [9.17, 15) is 9.90 Å². The van der Waals surface area contributed by atoms with Crippen LogP contribution in [0.3, 0.4) is 0 Å². The molecule has 1 aromatic heterocycles. The number of furan rings is 1. The molecule has 4 nitrogen and oxygen atoms in total. The zero-order valence-electron chi connectivity index (χ0n) is 12.5. The Morgan fingerprint density at radius 2 is 2.11 bits per heavy atom. The van der Waals surface area contributed by atoms with Gasteiger partial charge in [0, 0.05) is 12.1 Å². The average molecular weight is 267 g/mol. The quantitative estimate of drug-likeness (QED) is 0.833. The van der Waals surface area contributed by atoms with E-state index in [2.05, 4.69) is 19.2 Å². The minimum absolute atomic E-state index is 0.234. The molecule has 1 heterocycles. The number of aryl methyl sites for hydroxylation is 2. The molecule has 0 bridgehead atoms. The summed E-state index contributed by atoms with van der Waals surface area (Å²) < 4.78 is 5.35. The molecule has 1 rings (SSSR count). The Hall–Kier alpha value is -1.29. The summed E-state index contributed by atoms with van der Waals surface area (Å²) in [5, 5.41) is 12.9. The predicted octanol–water partition coefficient (Wildman–Crippen LogP) is 2.81. The maximum atomic E-state index is 11.9. The second kappa shape index (κ2) is 6.24. The van der Waals surface area contributed by atoms with Gasteiger partial charge in [-0.05, 0) is 45.6 Å². The van der Waals surface area contributed by atoms with Crippen LogP contribution in [0.4, 0.5) is 0 Å². The van der Waals surface area contributed by atoms with Gasteiger partial charge >= 0.3 is 0 Å². The fourth-order valence-corrected chi connectivity index (χ4v) is 1.91. The van der Waals surface area contributed by atoms with Crippen molar-refractivity contribution in [2.45, 2.75) is 53.1 Å². The Kier molecular flexibility index (Phi) is 5.18. The second-order valence-corrected chi connectivity index (χ2v) is 5.98. The van der Waals surface area contributed by atoms with E-state index in [0.29, 0.717) is 23.9 Å². The van der Waals surface area contributed by atoms with Crippen molar-refractivity contribution in [2.75, 3.05) is 6.54 Å². The summed E-state index contributed by atoms with van der Waals surface area (Å²) in [6.07, 6.45) is 1.60. The van der Waals surface area contributed by atoms with Crippen LogP contribution >= 0.6 is 0 Å². The molecule has 0 spiro atoms. The number of nitrogens with one attached hydrogen (secondary N) is 1. The number of hydrogen-bond acceptors (Lipinski definition) is 3. The van der Waals surface area contributed by atoms with Crippen LogP contribution < -0.4 is 5.32 Å². The van der Waals surface area contributed by atoms with Crippen molar-refractivity contribution >= 4 is 5.91 Å². The zero-order chi connectivity index (χ0) is 14.6. The van der Waals surface area contributed by atoms with Crippen LogP contribution in [0.25, 0.3) is 0 Å². The zero-order valence-corrected chi connectivity index (χ0v) is 12.5. The lowest BCUT2D eigenvalue weighted by Gasteiger charge is -2.24. The smallest absolute Gasteiger partial charge is 0.287 e. The third-order valence-electron chi connectivity index (χ3n) is 3.14. The molecule has 1 atom stereocenters. The normalized spacial score (nSPS) is 14.5. The topological polar surface area (TPSA) is 62.5 Å². The third-order valence-corrected chi connectivity index (χ3v) is 3.14. The molecule has 1 amide bonds. The van der Waals surface area contributed by atoms with E-state index >= 15 is 0 Å². The van der Waals surface area contributed by atoms with Gasteiger partial charge in [0.1, 0.15) is 5.76 Å². The summed E-state index contributed by atoms with van der Waals surface area (Å²) in [6, 6.07) is 1.83. The van der Waals surface area contributed by atoms with Gasteiger partial charge in [-0.3, -0.25) is 4.79 Å². The Morgan fingerprint density at radius 1 is 1.47 bits per heavy atom. The number of hydrogen-bond donors (Lipinski definition) is 2. The molecule has 19 heavy (non-hydrogen) atoms. The van der Waals surface area contributed by atoms with Crippen molar-refractivity contribution in [1.82, 2.24) is 5.32 Å². The highest BCUT2D eigenvalue weighted by Gasteiger charge is 2.23. The van der Waals surface area contributed by atoms with Gasteiger partial charge in [-0.1, -0.05) is 13.8 Å². The van der Waals surface area contributed by atoms with E-state index in [4.69, 9.17) is 4.42 Å². The number of carbonyl (C=O) groups excluding carboxylic acids is 1. The van der Waals surface area contributed by atoms with Gasteiger partial charge in [-0.2, -0.15) is 0 Å². The highest BCUT2D eigenvalue weighted by molar-refractivity contribution is 5.92. The predicted molar refractivity (Wildman–Crippen MR) is 75.2 cm³/mol. The molecule has 0 saturated heterocycles. The Morgan fingerprint density at radius 3 is 2.58 bits per heavy atom. The summed E-state index contributed by atoms with van der Waals surface area (Å²) in [5.41, 5.74) is -0.0630.